The maximum Gasteiger partial charge on any atom is 0.273 e. The molecule has 7 heteroatoms. The number of nitrogens with zero attached hydrogens (tertiary/aromatic N) is 3. The van der Waals surface area contributed by atoms with E-state index in [1.807, 2.05) is 55.1 Å². The van der Waals surface area contributed by atoms with E-state index in [1.165, 1.54) is 0 Å². The lowest BCUT2D eigenvalue weighted by Crippen LogP contribution is -2.23. The van der Waals surface area contributed by atoms with Crippen molar-refractivity contribution in [1.29, 1.82) is 0 Å². The summed E-state index contributed by atoms with van der Waals surface area (Å²) < 4.78 is 2.60. The lowest BCUT2D eigenvalue weighted by Gasteiger charge is -2.06. The molecule has 0 aliphatic heterocycles. The third kappa shape index (κ3) is 4.17. The van der Waals surface area contributed by atoms with Crippen LogP contribution in [-0.2, 0) is 13.1 Å². The van der Waals surface area contributed by atoms with Crippen molar-refractivity contribution in [2.24, 2.45) is 0 Å². The highest BCUT2D eigenvalue weighted by atomic mass is 79.9. The minimum absolute atomic E-state index is 0.198. The standard InChI is InChI=1S/C18H20BrN5O/c1-12(2)16-15(19)17(23-22-16)18(25)20-10-13-4-6-14(7-5-13)11-24-9-3-8-21-24/h3-9,12H,10-11H2,1-2H3,(H,20,25)(H,22,23). The van der Waals surface area contributed by atoms with Gasteiger partial charge in [0.1, 0.15) is 0 Å². The molecular weight excluding hydrogens is 382 g/mol. The second-order valence-electron chi connectivity index (χ2n) is 6.16. The van der Waals surface area contributed by atoms with Gasteiger partial charge in [0.2, 0.25) is 0 Å². The van der Waals surface area contributed by atoms with Crippen LogP contribution in [0.3, 0.4) is 0 Å². The van der Waals surface area contributed by atoms with Crippen molar-refractivity contribution in [2.75, 3.05) is 0 Å². The number of aromatic amines is 1. The summed E-state index contributed by atoms with van der Waals surface area (Å²) in [6.45, 7) is 5.28. The Hall–Kier alpha value is -2.41. The first kappa shape index (κ1) is 17.4. The third-order valence-electron chi connectivity index (χ3n) is 3.90. The van der Waals surface area contributed by atoms with Crippen molar-refractivity contribution in [3.05, 3.63) is 69.7 Å². The van der Waals surface area contributed by atoms with Gasteiger partial charge in [-0.3, -0.25) is 14.6 Å². The van der Waals surface area contributed by atoms with E-state index in [0.717, 1.165) is 27.8 Å². The molecule has 0 atom stereocenters. The number of hydrogen-bond acceptors (Lipinski definition) is 3. The highest BCUT2D eigenvalue weighted by Crippen LogP contribution is 2.25. The van der Waals surface area contributed by atoms with Crippen molar-refractivity contribution in [3.8, 4) is 0 Å². The summed E-state index contributed by atoms with van der Waals surface area (Å²) in [7, 11) is 0. The molecule has 6 nitrogen and oxygen atoms in total. The fraction of sp³-hybridized carbons (Fsp3) is 0.278. The van der Waals surface area contributed by atoms with Crippen LogP contribution < -0.4 is 5.32 Å². The van der Waals surface area contributed by atoms with Gasteiger partial charge in [-0.25, -0.2) is 0 Å². The van der Waals surface area contributed by atoms with Crippen LogP contribution in [0.15, 0.2) is 47.2 Å². The molecule has 0 bridgehead atoms. The van der Waals surface area contributed by atoms with Crippen LogP contribution in [0.4, 0.5) is 0 Å². The Kier molecular flexibility index (Phi) is 5.33. The number of benzene rings is 1. The fourth-order valence-electron chi connectivity index (χ4n) is 2.48. The average molecular weight is 402 g/mol. The van der Waals surface area contributed by atoms with Crippen LogP contribution in [0, 0.1) is 0 Å². The molecule has 0 radical (unpaired) electrons. The molecule has 0 saturated heterocycles. The van der Waals surface area contributed by atoms with E-state index in [0.29, 0.717) is 12.2 Å². The molecule has 0 aliphatic rings. The molecule has 0 saturated carbocycles. The second-order valence-corrected chi connectivity index (χ2v) is 6.95. The van der Waals surface area contributed by atoms with Gasteiger partial charge in [0.05, 0.1) is 16.7 Å². The Morgan fingerprint density at radius 3 is 2.60 bits per heavy atom. The highest BCUT2D eigenvalue weighted by Gasteiger charge is 2.18. The van der Waals surface area contributed by atoms with Gasteiger partial charge in [-0.2, -0.15) is 10.2 Å². The first-order chi connectivity index (χ1) is 12.0. The van der Waals surface area contributed by atoms with Crippen molar-refractivity contribution in [3.63, 3.8) is 0 Å². The quantitative estimate of drug-likeness (QED) is 0.663. The first-order valence-electron chi connectivity index (χ1n) is 8.12. The predicted octanol–water partition coefficient (Wildman–Crippen LogP) is 3.47. The monoisotopic (exact) mass is 401 g/mol. The molecule has 3 aromatic rings. The van der Waals surface area contributed by atoms with Crippen LogP contribution in [0.2, 0.25) is 0 Å². The minimum Gasteiger partial charge on any atom is -0.347 e. The molecule has 1 amide bonds. The number of carbonyl (C=O) groups is 1. The van der Waals surface area contributed by atoms with E-state index in [4.69, 9.17) is 0 Å². The number of carbonyl (C=O) groups excluding carboxylic acids is 1. The number of rotatable bonds is 6. The summed E-state index contributed by atoms with van der Waals surface area (Å²) in [5.41, 5.74) is 3.51. The third-order valence-corrected chi connectivity index (χ3v) is 4.71. The van der Waals surface area contributed by atoms with E-state index in [1.54, 1.807) is 6.20 Å². The minimum atomic E-state index is -0.198. The lowest BCUT2D eigenvalue weighted by atomic mass is 10.1. The van der Waals surface area contributed by atoms with Crippen molar-refractivity contribution < 1.29 is 4.79 Å². The van der Waals surface area contributed by atoms with E-state index in [-0.39, 0.29) is 11.8 Å². The molecule has 25 heavy (non-hydrogen) atoms. The zero-order valence-corrected chi connectivity index (χ0v) is 15.7. The summed E-state index contributed by atoms with van der Waals surface area (Å²) >= 11 is 3.45. The molecule has 2 heterocycles. The summed E-state index contributed by atoms with van der Waals surface area (Å²) in [5, 5.41) is 14.1. The van der Waals surface area contributed by atoms with Crippen molar-refractivity contribution in [1.82, 2.24) is 25.3 Å². The number of aromatic nitrogens is 4. The summed E-state index contributed by atoms with van der Waals surface area (Å²) in [5.74, 6) is 0.0707. The number of nitrogens with one attached hydrogen (secondary N) is 2. The van der Waals surface area contributed by atoms with Crippen LogP contribution in [0.25, 0.3) is 0 Å². The second kappa shape index (κ2) is 7.65. The molecular formula is C18H20BrN5O. The zero-order chi connectivity index (χ0) is 17.8. The maximum absolute atomic E-state index is 12.3. The number of hydrogen-bond donors (Lipinski definition) is 2. The summed E-state index contributed by atoms with van der Waals surface area (Å²) in [4.78, 5) is 12.3. The van der Waals surface area contributed by atoms with Gasteiger partial charge in [-0.05, 0) is 39.0 Å². The van der Waals surface area contributed by atoms with E-state index >= 15 is 0 Å². The summed E-state index contributed by atoms with van der Waals surface area (Å²) in [6.07, 6.45) is 3.70. The van der Waals surface area contributed by atoms with Crippen LogP contribution in [0.5, 0.6) is 0 Å². The molecule has 2 aromatic heterocycles. The van der Waals surface area contributed by atoms with Gasteiger partial charge in [0.15, 0.2) is 5.69 Å². The van der Waals surface area contributed by atoms with E-state index in [2.05, 4.69) is 36.5 Å². The van der Waals surface area contributed by atoms with Gasteiger partial charge in [0, 0.05) is 18.9 Å². The van der Waals surface area contributed by atoms with Gasteiger partial charge >= 0.3 is 0 Å². The summed E-state index contributed by atoms with van der Waals surface area (Å²) in [6, 6.07) is 10.0. The smallest absolute Gasteiger partial charge is 0.273 e. The van der Waals surface area contributed by atoms with Gasteiger partial charge in [0.25, 0.3) is 5.91 Å². The van der Waals surface area contributed by atoms with Crippen LogP contribution in [0.1, 0.15) is 47.1 Å². The van der Waals surface area contributed by atoms with Gasteiger partial charge in [-0.1, -0.05) is 38.1 Å². The van der Waals surface area contributed by atoms with Crippen molar-refractivity contribution in [2.45, 2.75) is 32.9 Å². The molecule has 3 rings (SSSR count). The number of halogens is 1. The SMILES string of the molecule is CC(C)c1[nH]nc(C(=O)NCc2ccc(Cn3cccn3)cc2)c1Br. The Morgan fingerprint density at radius 1 is 1.28 bits per heavy atom. The number of H-pyrrole nitrogens is 1. The first-order valence-corrected chi connectivity index (χ1v) is 8.91. The number of amides is 1. The molecule has 2 N–H and O–H groups in total. The molecule has 130 valence electrons. The Balaban J connectivity index is 1.59. The van der Waals surface area contributed by atoms with Gasteiger partial charge < -0.3 is 5.32 Å². The van der Waals surface area contributed by atoms with Crippen LogP contribution in [-0.4, -0.2) is 25.9 Å². The largest absolute Gasteiger partial charge is 0.347 e. The molecule has 0 aliphatic carbocycles. The van der Waals surface area contributed by atoms with Crippen molar-refractivity contribution >= 4 is 21.8 Å². The average Bonchev–Trinajstić information content (AvgIpc) is 3.23. The molecule has 0 spiro atoms. The molecule has 0 fully saturated rings. The topological polar surface area (TPSA) is 75.6 Å². The van der Waals surface area contributed by atoms with Crippen LogP contribution >= 0.6 is 15.9 Å². The highest BCUT2D eigenvalue weighted by molar-refractivity contribution is 9.10. The Morgan fingerprint density at radius 2 is 2.00 bits per heavy atom. The molecule has 1 aromatic carbocycles. The Labute approximate surface area is 154 Å². The van der Waals surface area contributed by atoms with E-state index < -0.39 is 0 Å². The van der Waals surface area contributed by atoms with Gasteiger partial charge in [-0.15, -0.1) is 0 Å². The van der Waals surface area contributed by atoms with E-state index in [9.17, 15) is 4.79 Å². The molecule has 0 unspecified atom stereocenters. The zero-order valence-electron chi connectivity index (χ0n) is 14.2. The fourth-order valence-corrected chi connectivity index (χ4v) is 3.30. The lowest BCUT2D eigenvalue weighted by molar-refractivity contribution is 0.0945. The maximum atomic E-state index is 12.3. The Bertz CT molecular complexity index is 837. The predicted molar refractivity (Wildman–Crippen MR) is 99.3 cm³/mol. The normalized spacial score (nSPS) is 11.0.